The standard InChI is InChI=1S/C19H38N/c1-2-3-16-20(17-12-8-5-9-13-18-20)19-14-10-6-4-7-11-15-19/h19H,2-18H2,1H3/q+1. The molecule has 118 valence electrons. The predicted octanol–water partition coefficient (Wildman–Crippen LogP) is 5.68. The second kappa shape index (κ2) is 9.07. The van der Waals surface area contributed by atoms with E-state index in [-0.39, 0.29) is 0 Å². The molecule has 1 heterocycles. The molecule has 0 N–H and O–H groups in total. The molecule has 0 aromatic rings. The minimum Gasteiger partial charge on any atom is -0.321 e. The van der Waals surface area contributed by atoms with Crippen LogP contribution in [-0.2, 0) is 0 Å². The molecule has 0 unspecified atom stereocenters. The Balaban J connectivity index is 2.04. The van der Waals surface area contributed by atoms with Crippen LogP contribution < -0.4 is 0 Å². The average Bonchev–Trinajstić information content (AvgIpc) is 2.38. The van der Waals surface area contributed by atoms with Gasteiger partial charge in [-0.1, -0.05) is 39.0 Å². The van der Waals surface area contributed by atoms with E-state index < -0.39 is 0 Å². The molecular formula is C19H38N+. The zero-order chi connectivity index (χ0) is 14.1. The summed E-state index contributed by atoms with van der Waals surface area (Å²) in [5, 5.41) is 0. The van der Waals surface area contributed by atoms with Crippen LogP contribution in [-0.4, -0.2) is 30.2 Å². The summed E-state index contributed by atoms with van der Waals surface area (Å²) in [7, 11) is 0. The number of rotatable bonds is 4. The summed E-state index contributed by atoms with van der Waals surface area (Å²) < 4.78 is 1.52. The number of quaternary nitrogens is 1. The van der Waals surface area contributed by atoms with E-state index >= 15 is 0 Å². The Labute approximate surface area is 127 Å². The summed E-state index contributed by atoms with van der Waals surface area (Å²) in [6.45, 7) is 6.87. The Morgan fingerprint density at radius 3 is 1.75 bits per heavy atom. The third-order valence-corrected chi connectivity index (χ3v) is 6.01. The zero-order valence-electron chi connectivity index (χ0n) is 14.0. The summed E-state index contributed by atoms with van der Waals surface area (Å²) in [6, 6.07) is 1.01. The lowest BCUT2D eigenvalue weighted by Gasteiger charge is -2.47. The van der Waals surface area contributed by atoms with Crippen molar-refractivity contribution in [3.8, 4) is 0 Å². The largest absolute Gasteiger partial charge is 0.321 e. The molecule has 1 aliphatic heterocycles. The Kier molecular flexibility index (Phi) is 7.41. The van der Waals surface area contributed by atoms with Crippen LogP contribution in [0.2, 0.25) is 0 Å². The van der Waals surface area contributed by atoms with E-state index in [1.807, 2.05) is 0 Å². The molecule has 1 nitrogen and oxygen atoms in total. The van der Waals surface area contributed by atoms with Crippen LogP contribution in [0.5, 0.6) is 0 Å². The van der Waals surface area contributed by atoms with Gasteiger partial charge in [-0.25, -0.2) is 0 Å². The van der Waals surface area contributed by atoms with Crippen molar-refractivity contribution in [1.29, 1.82) is 0 Å². The summed E-state index contributed by atoms with van der Waals surface area (Å²) in [6.07, 6.45) is 20.9. The molecule has 0 amide bonds. The van der Waals surface area contributed by atoms with Crippen molar-refractivity contribution in [3.05, 3.63) is 0 Å². The quantitative estimate of drug-likeness (QED) is 0.581. The molecule has 0 spiro atoms. The topological polar surface area (TPSA) is 0 Å². The van der Waals surface area contributed by atoms with Gasteiger partial charge in [0.05, 0.1) is 25.7 Å². The predicted molar refractivity (Wildman–Crippen MR) is 89.0 cm³/mol. The van der Waals surface area contributed by atoms with Crippen LogP contribution in [0.3, 0.4) is 0 Å². The summed E-state index contributed by atoms with van der Waals surface area (Å²) >= 11 is 0. The number of hydrogen-bond donors (Lipinski definition) is 0. The molecule has 20 heavy (non-hydrogen) atoms. The monoisotopic (exact) mass is 280 g/mol. The fraction of sp³-hybridized carbons (Fsp3) is 1.00. The third kappa shape index (κ3) is 4.76. The molecule has 1 aliphatic carbocycles. The van der Waals surface area contributed by atoms with Crippen LogP contribution >= 0.6 is 0 Å². The zero-order valence-corrected chi connectivity index (χ0v) is 14.0. The van der Waals surface area contributed by atoms with Crippen molar-refractivity contribution in [2.45, 2.75) is 103 Å². The first-order valence-electron chi connectivity index (χ1n) is 9.73. The number of unbranched alkanes of at least 4 members (excludes halogenated alkanes) is 1. The van der Waals surface area contributed by atoms with Crippen LogP contribution in [0.1, 0.15) is 96.8 Å². The third-order valence-electron chi connectivity index (χ3n) is 6.01. The highest BCUT2D eigenvalue weighted by Crippen LogP contribution is 2.31. The maximum Gasteiger partial charge on any atom is 0.0890 e. The van der Waals surface area contributed by atoms with Gasteiger partial charge in [0.1, 0.15) is 0 Å². The lowest BCUT2D eigenvalue weighted by molar-refractivity contribution is -0.953. The molecule has 2 fully saturated rings. The Morgan fingerprint density at radius 2 is 1.20 bits per heavy atom. The Bertz CT molecular complexity index is 227. The van der Waals surface area contributed by atoms with Gasteiger partial charge in [0.15, 0.2) is 0 Å². The highest BCUT2D eigenvalue weighted by molar-refractivity contribution is 4.68. The van der Waals surface area contributed by atoms with Crippen LogP contribution in [0, 0.1) is 0 Å². The van der Waals surface area contributed by atoms with Gasteiger partial charge >= 0.3 is 0 Å². The van der Waals surface area contributed by atoms with E-state index in [2.05, 4.69) is 6.92 Å². The highest BCUT2D eigenvalue weighted by atomic mass is 15.4. The van der Waals surface area contributed by atoms with Gasteiger partial charge in [-0.3, -0.25) is 0 Å². The molecule has 1 saturated heterocycles. The van der Waals surface area contributed by atoms with Gasteiger partial charge < -0.3 is 4.48 Å². The summed E-state index contributed by atoms with van der Waals surface area (Å²) in [5.41, 5.74) is 0. The lowest BCUT2D eigenvalue weighted by Crippen LogP contribution is -2.57. The van der Waals surface area contributed by atoms with Crippen LogP contribution in [0.25, 0.3) is 0 Å². The van der Waals surface area contributed by atoms with E-state index in [0.717, 1.165) is 6.04 Å². The molecule has 0 atom stereocenters. The normalized spacial score (nSPS) is 26.2. The molecule has 0 bridgehead atoms. The lowest BCUT2D eigenvalue weighted by atomic mass is 9.91. The van der Waals surface area contributed by atoms with E-state index in [4.69, 9.17) is 0 Å². The van der Waals surface area contributed by atoms with Gasteiger partial charge in [-0.2, -0.15) is 0 Å². The molecule has 0 aromatic carbocycles. The second-order valence-corrected chi connectivity index (χ2v) is 7.51. The first-order chi connectivity index (χ1) is 9.87. The number of hydrogen-bond acceptors (Lipinski definition) is 0. The second-order valence-electron chi connectivity index (χ2n) is 7.51. The van der Waals surface area contributed by atoms with Gasteiger partial charge in [-0.05, 0) is 57.8 Å². The smallest absolute Gasteiger partial charge is 0.0890 e. The molecular weight excluding hydrogens is 242 g/mol. The van der Waals surface area contributed by atoms with Crippen molar-refractivity contribution >= 4 is 0 Å². The van der Waals surface area contributed by atoms with E-state index in [9.17, 15) is 0 Å². The van der Waals surface area contributed by atoms with Gasteiger partial charge in [0, 0.05) is 0 Å². The van der Waals surface area contributed by atoms with Crippen molar-refractivity contribution in [1.82, 2.24) is 0 Å². The molecule has 1 saturated carbocycles. The van der Waals surface area contributed by atoms with Gasteiger partial charge in [0.2, 0.25) is 0 Å². The maximum absolute atomic E-state index is 2.37. The summed E-state index contributed by atoms with van der Waals surface area (Å²) in [4.78, 5) is 0. The highest BCUT2D eigenvalue weighted by Gasteiger charge is 2.35. The summed E-state index contributed by atoms with van der Waals surface area (Å²) in [5.74, 6) is 0. The van der Waals surface area contributed by atoms with Crippen molar-refractivity contribution < 1.29 is 4.48 Å². The van der Waals surface area contributed by atoms with Crippen molar-refractivity contribution in [3.63, 3.8) is 0 Å². The van der Waals surface area contributed by atoms with E-state index in [1.165, 1.54) is 114 Å². The Hall–Kier alpha value is -0.0400. The van der Waals surface area contributed by atoms with Crippen LogP contribution in [0.4, 0.5) is 0 Å². The molecule has 0 aromatic heterocycles. The first kappa shape index (κ1) is 16.3. The fourth-order valence-electron chi connectivity index (χ4n) is 4.72. The SMILES string of the molecule is CCCC[N+]1(C2CCCCCCC2)CCCCCCC1. The molecule has 2 aliphatic rings. The van der Waals surface area contributed by atoms with E-state index in [1.54, 1.807) is 0 Å². The van der Waals surface area contributed by atoms with Crippen molar-refractivity contribution in [2.75, 3.05) is 19.6 Å². The Morgan fingerprint density at radius 1 is 0.700 bits per heavy atom. The first-order valence-corrected chi connectivity index (χ1v) is 9.73. The number of nitrogens with zero attached hydrogens (tertiary/aromatic N) is 1. The van der Waals surface area contributed by atoms with Gasteiger partial charge in [0.25, 0.3) is 0 Å². The average molecular weight is 281 g/mol. The minimum absolute atomic E-state index is 1.01. The van der Waals surface area contributed by atoms with E-state index in [0.29, 0.717) is 0 Å². The minimum atomic E-state index is 1.01. The van der Waals surface area contributed by atoms with Crippen molar-refractivity contribution in [2.24, 2.45) is 0 Å². The van der Waals surface area contributed by atoms with Gasteiger partial charge in [-0.15, -0.1) is 0 Å². The van der Waals surface area contributed by atoms with Crippen LogP contribution in [0.15, 0.2) is 0 Å². The molecule has 1 heteroatoms. The molecule has 0 radical (unpaired) electrons. The molecule has 2 rings (SSSR count). The number of likely N-dealkylation sites (tertiary alicyclic amines) is 1. The maximum atomic E-state index is 2.37. The fourth-order valence-corrected chi connectivity index (χ4v) is 4.72.